The number of hydrogen-bond acceptors (Lipinski definition) is 2. The lowest BCUT2D eigenvalue weighted by Crippen LogP contribution is -2.30. The van der Waals surface area contributed by atoms with E-state index in [1.54, 1.807) is 30.3 Å². The number of anilines is 2. The molecule has 0 aliphatic heterocycles. The van der Waals surface area contributed by atoms with Gasteiger partial charge in [-0.2, -0.15) is 0 Å². The van der Waals surface area contributed by atoms with Crippen molar-refractivity contribution in [2.24, 2.45) is 0 Å². The molecule has 0 spiro atoms. The van der Waals surface area contributed by atoms with Gasteiger partial charge in [-0.15, -0.1) is 0 Å². The fourth-order valence-corrected chi connectivity index (χ4v) is 2.96. The van der Waals surface area contributed by atoms with Crippen LogP contribution in [0.25, 0.3) is 0 Å². The van der Waals surface area contributed by atoms with E-state index in [9.17, 15) is 9.00 Å². The third-order valence-corrected chi connectivity index (χ3v) is 4.02. The topological polar surface area (TPSA) is 37.4 Å². The standard InChI is InChI=1S/C15H13Cl2NO2S/c1-21(20)10-14(19)18(11-6-3-2-4-7-11)15-12(16)8-5-9-13(15)17/h2-9H,10H2,1H3. The second-order valence-electron chi connectivity index (χ2n) is 4.35. The maximum Gasteiger partial charge on any atom is 0.244 e. The average molecular weight is 342 g/mol. The molecule has 1 unspecified atom stereocenters. The second-order valence-corrected chi connectivity index (χ2v) is 6.60. The van der Waals surface area contributed by atoms with Gasteiger partial charge in [-0.05, 0) is 24.3 Å². The van der Waals surface area contributed by atoms with Gasteiger partial charge in [-0.25, -0.2) is 0 Å². The molecule has 2 aromatic carbocycles. The lowest BCUT2D eigenvalue weighted by Gasteiger charge is -2.24. The maximum atomic E-state index is 12.5. The van der Waals surface area contributed by atoms with Crippen LogP contribution in [-0.4, -0.2) is 22.1 Å². The van der Waals surface area contributed by atoms with Crippen LogP contribution >= 0.6 is 23.2 Å². The van der Waals surface area contributed by atoms with Gasteiger partial charge >= 0.3 is 0 Å². The van der Waals surface area contributed by atoms with Crippen LogP contribution in [0.1, 0.15) is 0 Å². The molecule has 1 amide bonds. The van der Waals surface area contributed by atoms with E-state index in [-0.39, 0.29) is 11.7 Å². The Hall–Kier alpha value is -1.36. The summed E-state index contributed by atoms with van der Waals surface area (Å²) in [6.45, 7) is 0. The first-order chi connectivity index (χ1) is 10.0. The van der Waals surface area contributed by atoms with Crippen LogP contribution < -0.4 is 4.90 Å². The van der Waals surface area contributed by atoms with Crippen molar-refractivity contribution in [2.45, 2.75) is 0 Å². The van der Waals surface area contributed by atoms with Crippen LogP contribution in [0.3, 0.4) is 0 Å². The smallest absolute Gasteiger partial charge is 0.244 e. The van der Waals surface area contributed by atoms with Crippen LogP contribution in [0.4, 0.5) is 11.4 Å². The van der Waals surface area contributed by atoms with Crippen molar-refractivity contribution in [2.75, 3.05) is 16.9 Å². The summed E-state index contributed by atoms with van der Waals surface area (Å²) in [6, 6.07) is 14.0. The largest absolute Gasteiger partial charge is 0.277 e. The summed E-state index contributed by atoms with van der Waals surface area (Å²) in [7, 11) is -1.25. The minimum atomic E-state index is -1.25. The summed E-state index contributed by atoms with van der Waals surface area (Å²) < 4.78 is 11.4. The molecule has 0 saturated heterocycles. The molecule has 2 rings (SSSR count). The minimum absolute atomic E-state index is 0.101. The molecule has 3 nitrogen and oxygen atoms in total. The molecule has 0 saturated carbocycles. The van der Waals surface area contributed by atoms with E-state index in [1.807, 2.05) is 18.2 Å². The Labute approximate surface area is 135 Å². The number of hydrogen-bond donors (Lipinski definition) is 0. The summed E-state index contributed by atoms with van der Waals surface area (Å²) in [5.41, 5.74) is 1.03. The van der Waals surface area contributed by atoms with Gasteiger partial charge in [0.05, 0.1) is 15.7 Å². The summed E-state index contributed by atoms with van der Waals surface area (Å²) in [5.74, 6) is -0.423. The van der Waals surface area contributed by atoms with Crippen molar-refractivity contribution in [1.29, 1.82) is 0 Å². The molecule has 0 aliphatic carbocycles. The number of nitrogens with zero attached hydrogens (tertiary/aromatic N) is 1. The van der Waals surface area contributed by atoms with Gasteiger partial charge in [0.2, 0.25) is 5.91 Å². The Balaban J connectivity index is 2.56. The van der Waals surface area contributed by atoms with Crippen LogP contribution in [0.5, 0.6) is 0 Å². The summed E-state index contributed by atoms with van der Waals surface area (Å²) in [6.07, 6.45) is 1.48. The highest BCUT2D eigenvalue weighted by Gasteiger charge is 2.23. The second kappa shape index (κ2) is 7.07. The van der Waals surface area contributed by atoms with Gasteiger partial charge in [0.25, 0.3) is 0 Å². The van der Waals surface area contributed by atoms with Gasteiger partial charge in [-0.1, -0.05) is 47.5 Å². The van der Waals surface area contributed by atoms with Gasteiger partial charge in [0.1, 0.15) is 5.75 Å². The number of halogens is 2. The third-order valence-electron chi connectivity index (χ3n) is 2.75. The van der Waals surface area contributed by atoms with Crippen molar-refractivity contribution in [3.05, 3.63) is 58.6 Å². The molecule has 6 heteroatoms. The number of carbonyl (C=O) groups is 1. The van der Waals surface area contributed by atoms with Gasteiger partial charge < -0.3 is 0 Å². The Kier molecular flexibility index (Phi) is 5.39. The average Bonchev–Trinajstić information content (AvgIpc) is 2.43. The Morgan fingerprint density at radius 2 is 1.62 bits per heavy atom. The quantitative estimate of drug-likeness (QED) is 0.841. The van der Waals surface area contributed by atoms with E-state index in [4.69, 9.17) is 23.2 Å². The van der Waals surface area contributed by atoms with Crippen molar-refractivity contribution in [3.63, 3.8) is 0 Å². The first-order valence-corrected chi connectivity index (χ1v) is 8.61. The van der Waals surface area contributed by atoms with E-state index in [2.05, 4.69) is 0 Å². The molecule has 0 radical (unpaired) electrons. The molecule has 0 bridgehead atoms. The number of rotatable bonds is 4. The Bertz CT molecular complexity index is 656. The fraction of sp³-hybridized carbons (Fsp3) is 0.133. The molecular weight excluding hydrogens is 329 g/mol. The monoisotopic (exact) mass is 341 g/mol. The van der Waals surface area contributed by atoms with Gasteiger partial charge in [0, 0.05) is 22.7 Å². The number of para-hydroxylation sites is 2. The molecule has 0 N–H and O–H groups in total. The SMILES string of the molecule is CS(=O)CC(=O)N(c1ccccc1)c1c(Cl)cccc1Cl. The molecule has 1 atom stereocenters. The highest BCUT2D eigenvalue weighted by Crippen LogP contribution is 2.37. The highest BCUT2D eigenvalue weighted by atomic mass is 35.5. The highest BCUT2D eigenvalue weighted by molar-refractivity contribution is 7.85. The zero-order valence-electron chi connectivity index (χ0n) is 11.3. The molecule has 0 fully saturated rings. The Morgan fingerprint density at radius 1 is 1.05 bits per heavy atom. The zero-order chi connectivity index (χ0) is 15.4. The minimum Gasteiger partial charge on any atom is -0.277 e. The van der Waals surface area contributed by atoms with Crippen LogP contribution in [0.2, 0.25) is 10.0 Å². The third kappa shape index (κ3) is 3.84. The van der Waals surface area contributed by atoms with Gasteiger partial charge in [0.15, 0.2) is 0 Å². The predicted octanol–water partition coefficient (Wildman–Crippen LogP) is 4.04. The normalized spacial score (nSPS) is 12.0. The predicted molar refractivity (Wildman–Crippen MR) is 89.0 cm³/mol. The summed E-state index contributed by atoms with van der Waals surface area (Å²) in [5, 5.41) is 0.725. The maximum absolute atomic E-state index is 12.5. The van der Waals surface area contributed by atoms with Crippen LogP contribution in [0, 0.1) is 0 Å². The summed E-state index contributed by atoms with van der Waals surface area (Å²) in [4.78, 5) is 13.9. The molecular formula is C15H13Cl2NO2S. The van der Waals surface area contributed by atoms with E-state index < -0.39 is 10.8 Å². The molecule has 2 aromatic rings. The molecule has 21 heavy (non-hydrogen) atoms. The molecule has 0 aliphatic rings. The lowest BCUT2D eigenvalue weighted by atomic mass is 10.2. The number of amides is 1. The van der Waals surface area contributed by atoms with Crippen LogP contribution in [0.15, 0.2) is 48.5 Å². The fourth-order valence-electron chi connectivity index (χ4n) is 1.92. The molecule has 110 valence electrons. The Morgan fingerprint density at radius 3 is 2.14 bits per heavy atom. The van der Waals surface area contributed by atoms with E-state index in [0.717, 1.165) is 0 Å². The van der Waals surface area contributed by atoms with E-state index in [0.29, 0.717) is 21.4 Å². The number of benzene rings is 2. The molecule has 0 heterocycles. The number of carbonyl (C=O) groups excluding carboxylic acids is 1. The zero-order valence-corrected chi connectivity index (χ0v) is 13.6. The van der Waals surface area contributed by atoms with Gasteiger partial charge in [-0.3, -0.25) is 13.9 Å². The van der Waals surface area contributed by atoms with Crippen molar-refractivity contribution in [3.8, 4) is 0 Å². The van der Waals surface area contributed by atoms with Crippen LogP contribution in [-0.2, 0) is 15.6 Å². The van der Waals surface area contributed by atoms with E-state index >= 15 is 0 Å². The van der Waals surface area contributed by atoms with Crippen molar-refractivity contribution < 1.29 is 9.00 Å². The van der Waals surface area contributed by atoms with E-state index in [1.165, 1.54) is 11.2 Å². The lowest BCUT2D eigenvalue weighted by molar-refractivity contribution is -0.115. The molecule has 0 aromatic heterocycles. The van der Waals surface area contributed by atoms with Crippen molar-refractivity contribution in [1.82, 2.24) is 0 Å². The first-order valence-electron chi connectivity index (χ1n) is 6.12. The van der Waals surface area contributed by atoms with Crippen molar-refractivity contribution >= 4 is 51.3 Å². The summed E-state index contributed by atoms with van der Waals surface area (Å²) >= 11 is 12.4. The first kappa shape index (κ1) is 16.0.